The average Bonchev–Trinajstić information content (AvgIpc) is 2.17. The Balaban J connectivity index is 3.47. The van der Waals surface area contributed by atoms with Crippen LogP contribution in [0.25, 0.3) is 0 Å². The minimum absolute atomic E-state index is 0.141. The van der Waals surface area contributed by atoms with Gasteiger partial charge in [-0.2, -0.15) is 0 Å². The first kappa shape index (κ1) is 14.8. The van der Waals surface area contributed by atoms with E-state index in [2.05, 4.69) is 10.0 Å². The summed E-state index contributed by atoms with van der Waals surface area (Å²) in [4.78, 5) is 0. The second kappa shape index (κ2) is 9.08. The van der Waals surface area contributed by atoms with Gasteiger partial charge in [0.1, 0.15) is 0 Å². The van der Waals surface area contributed by atoms with E-state index in [0.717, 1.165) is 19.5 Å². The Morgan fingerprint density at radius 2 is 1.93 bits per heavy atom. The summed E-state index contributed by atoms with van der Waals surface area (Å²) in [6.07, 6.45) is 1.36. The molecule has 0 saturated carbocycles. The van der Waals surface area contributed by atoms with Crippen molar-refractivity contribution in [2.45, 2.75) is 19.8 Å². The number of sulfonamides is 1. The summed E-state index contributed by atoms with van der Waals surface area (Å²) in [6, 6.07) is 0. The maximum absolute atomic E-state index is 11.4. The summed E-state index contributed by atoms with van der Waals surface area (Å²) in [5, 5.41) is 3.13. The van der Waals surface area contributed by atoms with Crippen LogP contribution in [0.2, 0.25) is 0 Å². The van der Waals surface area contributed by atoms with Crippen LogP contribution in [0.3, 0.4) is 0 Å². The minimum Gasteiger partial charge on any atom is -0.385 e. The molecule has 0 atom stereocenters. The Morgan fingerprint density at radius 3 is 2.53 bits per heavy atom. The Kier molecular flexibility index (Phi) is 8.98. The minimum atomic E-state index is -3.10. The van der Waals surface area contributed by atoms with E-state index in [1.165, 1.54) is 0 Å². The van der Waals surface area contributed by atoms with Gasteiger partial charge in [0.2, 0.25) is 10.0 Å². The van der Waals surface area contributed by atoms with Crippen molar-refractivity contribution in [3.05, 3.63) is 0 Å². The lowest BCUT2D eigenvalue weighted by molar-refractivity contribution is 0.199. The molecule has 0 amide bonds. The van der Waals surface area contributed by atoms with Crippen LogP contribution in [0, 0.1) is 0 Å². The van der Waals surface area contributed by atoms with E-state index in [9.17, 15) is 8.42 Å². The van der Waals surface area contributed by atoms with Crippen molar-refractivity contribution < 1.29 is 13.2 Å². The van der Waals surface area contributed by atoms with Crippen LogP contribution in [0.5, 0.6) is 0 Å². The summed E-state index contributed by atoms with van der Waals surface area (Å²) >= 11 is 0. The van der Waals surface area contributed by atoms with E-state index in [1.807, 2.05) is 6.92 Å². The summed E-state index contributed by atoms with van der Waals surface area (Å²) in [7, 11) is -1.53. The fourth-order valence-electron chi connectivity index (χ4n) is 1.08. The summed E-state index contributed by atoms with van der Waals surface area (Å²) in [6.45, 7) is 4.77. The summed E-state index contributed by atoms with van der Waals surface area (Å²) in [5.74, 6) is 0.141. The smallest absolute Gasteiger partial charge is 0.211 e. The molecule has 0 aliphatic heterocycles. The number of nitrogens with one attached hydrogen (secondary N) is 2. The second-order valence-corrected chi connectivity index (χ2v) is 5.19. The normalized spacial score (nSPS) is 11.9. The summed E-state index contributed by atoms with van der Waals surface area (Å²) in [5.41, 5.74) is 0. The first-order valence-electron chi connectivity index (χ1n) is 5.29. The molecule has 0 aromatic heterocycles. The molecule has 5 nitrogen and oxygen atoms in total. The van der Waals surface area contributed by atoms with Gasteiger partial charge in [0.25, 0.3) is 0 Å². The molecular weight excluding hydrogens is 216 g/mol. The second-order valence-electron chi connectivity index (χ2n) is 3.27. The molecule has 0 aromatic carbocycles. The zero-order chi connectivity index (χ0) is 11.6. The van der Waals surface area contributed by atoms with Crippen LogP contribution in [0.1, 0.15) is 19.8 Å². The third kappa shape index (κ3) is 10.1. The zero-order valence-electron chi connectivity index (χ0n) is 9.58. The molecule has 0 spiro atoms. The van der Waals surface area contributed by atoms with E-state index in [1.54, 1.807) is 7.11 Å². The molecular formula is C9H22N2O3S. The highest BCUT2D eigenvalue weighted by molar-refractivity contribution is 7.89. The highest BCUT2D eigenvalue weighted by atomic mass is 32.2. The molecule has 0 aromatic rings. The van der Waals surface area contributed by atoms with Gasteiger partial charge in [0, 0.05) is 20.3 Å². The molecule has 0 rings (SSSR count). The quantitative estimate of drug-likeness (QED) is 0.523. The van der Waals surface area contributed by atoms with Crippen molar-refractivity contribution in [3.8, 4) is 0 Å². The summed E-state index contributed by atoms with van der Waals surface area (Å²) < 4.78 is 30.0. The van der Waals surface area contributed by atoms with Gasteiger partial charge in [-0.05, 0) is 25.9 Å². The van der Waals surface area contributed by atoms with Crippen LogP contribution >= 0.6 is 0 Å². The fourth-order valence-corrected chi connectivity index (χ4v) is 2.18. The third-order valence-corrected chi connectivity index (χ3v) is 3.33. The Morgan fingerprint density at radius 1 is 1.20 bits per heavy atom. The lowest BCUT2D eigenvalue weighted by atomic mass is 10.4. The van der Waals surface area contributed by atoms with E-state index >= 15 is 0 Å². The molecule has 0 unspecified atom stereocenters. The first-order valence-corrected chi connectivity index (χ1v) is 6.94. The van der Waals surface area contributed by atoms with Crippen LogP contribution in [0.15, 0.2) is 0 Å². The molecule has 0 heterocycles. The van der Waals surface area contributed by atoms with Gasteiger partial charge >= 0.3 is 0 Å². The molecule has 0 radical (unpaired) electrons. The predicted molar refractivity (Wildman–Crippen MR) is 61.4 cm³/mol. The van der Waals surface area contributed by atoms with Crippen molar-refractivity contribution in [1.29, 1.82) is 0 Å². The highest BCUT2D eigenvalue weighted by Gasteiger charge is 2.07. The van der Waals surface area contributed by atoms with Gasteiger partial charge in [-0.1, -0.05) is 6.92 Å². The van der Waals surface area contributed by atoms with Crippen LogP contribution in [0.4, 0.5) is 0 Å². The number of hydrogen-bond donors (Lipinski definition) is 2. The topological polar surface area (TPSA) is 67.4 Å². The maximum Gasteiger partial charge on any atom is 0.211 e. The Hall–Kier alpha value is -0.170. The van der Waals surface area contributed by atoms with Crippen molar-refractivity contribution in [2.24, 2.45) is 0 Å². The molecule has 6 heteroatoms. The van der Waals surface area contributed by atoms with Gasteiger partial charge < -0.3 is 10.1 Å². The predicted octanol–water partition coefficient (Wildman–Crippen LogP) is -0.0581. The molecule has 0 aliphatic rings. The van der Waals surface area contributed by atoms with Gasteiger partial charge in [0.15, 0.2) is 0 Å². The zero-order valence-corrected chi connectivity index (χ0v) is 10.4. The molecule has 0 fully saturated rings. The Bertz CT molecular complexity index is 230. The molecule has 0 bridgehead atoms. The van der Waals surface area contributed by atoms with Gasteiger partial charge in [-0.15, -0.1) is 0 Å². The van der Waals surface area contributed by atoms with Crippen molar-refractivity contribution >= 4 is 10.0 Å². The molecule has 0 aliphatic carbocycles. The van der Waals surface area contributed by atoms with Crippen LogP contribution in [-0.4, -0.2) is 47.5 Å². The standard InChI is InChI=1S/C9H22N2O3S/c1-3-10-6-4-7-11-15(12,13)9-5-8-14-2/h10-11H,3-9H2,1-2H3. The van der Waals surface area contributed by atoms with E-state index in [0.29, 0.717) is 19.6 Å². The molecule has 2 N–H and O–H groups in total. The lowest BCUT2D eigenvalue weighted by Crippen LogP contribution is -2.29. The first-order chi connectivity index (χ1) is 7.12. The van der Waals surface area contributed by atoms with Crippen LogP contribution in [-0.2, 0) is 14.8 Å². The lowest BCUT2D eigenvalue weighted by Gasteiger charge is -2.06. The maximum atomic E-state index is 11.4. The van der Waals surface area contributed by atoms with E-state index in [4.69, 9.17) is 4.74 Å². The average molecular weight is 238 g/mol. The van der Waals surface area contributed by atoms with Crippen LogP contribution < -0.4 is 10.0 Å². The highest BCUT2D eigenvalue weighted by Crippen LogP contribution is 1.90. The Labute approximate surface area is 92.6 Å². The van der Waals surface area contributed by atoms with Crippen molar-refractivity contribution in [3.63, 3.8) is 0 Å². The molecule has 0 saturated heterocycles. The fraction of sp³-hybridized carbons (Fsp3) is 1.00. The number of rotatable bonds is 10. The van der Waals surface area contributed by atoms with Gasteiger partial charge in [-0.3, -0.25) is 0 Å². The number of ether oxygens (including phenoxy) is 1. The van der Waals surface area contributed by atoms with E-state index in [-0.39, 0.29) is 5.75 Å². The number of hydrogen-bond acceptors (Lipinski definition) is 4. The molecule has 15 heavy (non-hydrogen) atoms. The van der Waals surface area contributed by atoms with Crippen molar-refractivity contribution in [2.75, 3.05) is 39.1 Å². The SMILES string of the molecule is CCNCCCNS(=O)(=O)CCCOC. The largest absolute Gasteiger partial charge is 0.385 e. The number of methoxy groups -OCH3 is 1. The molecule has 92 valence electrons. The third-order valence-electron chi connectivity index (χ3n) is 1.86. The monoisotopic (exact) mass is 238 g/mol. The van der Waals surface area contributed by atoms with Crippen molar-refractivity contribution in [1.82, 2.24) is 10.0 Å². The van der Waals surface area contributed by atoms with E-state index < -0.39 is 10.0 Å². The van der Waals surface area contributed by atoms with Gasteiger partial charge in [-0.25, -0.2) is 13.1 Å². The van der Waals surface area contributed by atoms with Gasteiger partial charge in [0.05, 0.1) is 5.75 Å².